The lowest BCUT2D eigenvalue weighted by Crippen LogP contribution is -2.44. The third-order valence-electron chi connectivity index (χ3n) is 4.60. The lowest BCUT2D eigenvalue weighted by molar-refractivity contribution is -0.134. The molecule has 0 radical (unpaired) electrons. The SMILES string of the molecule is Cc1cc(CC(=O)N(CC2CCCO2)C2CCCC2)n[nH]1. The van der Waals surface area contributed by atoms with Crippen LogP contribution in [0.1, 0.15) is 49.9 Å². The number of aryl methyl sites for hydroxylation is 1. The summed E-state index contributed by atoms with van der Waals surface area (Å²) in [6.07, 6.45) is 7.58. The van der Waals surface area contributed by atoms with Crippen LogP contribution in [-0.4, -0.2) is 46.3 Å². The highest BCUT2D eigenvalue weighted by Gasteiger charge is 2.30. The number of nitrogens with one attached hydrogen (secondary N) is 1. The fraction of sp³-hybridized carbons (Fsp3) is 0.750. The number of aromatic nitrogens is 2. The number of hydrogen-bond donors (Lipinski definition) is 1. The van der Waals surface area contributed by atoms with Crippen LogP contribution in [0.5, 0.6) is 0 Å². The summed E-state index contributed by atoms with van der Waals surface area (Å²) in [7, 11) is 0. The van der Waals surface area contributed by atoms with Crippen molar-refractivity contribution in [2.24, 2.45) is 0 Å². The second-order valence-corrected chi connectivity index (χ2v) is 6.34. The highest BCUT2D eigenvalue weighted by atomic mass is 16.5. The molecule has 2 heterocycles. The van der Waals surface area contributed by atoms with Gasteiger partial charge in [-0.15, -0.1) is 0 Å². The molecule has 1 aliphatic carbocycles. The van der Waals surface area contributed by atoms with Crippen LogP contribution in [0.3, 0.4) is 0 Å². The largest absolute Gasteiger partial charge is 0.376 e. The summed E-state index contributed by atoms with van der Waals surface area (Å²) in [5.41, 5.74) is 1.84. The summed E-state index contributed by atoms with van der Waals surface area (Å²) in [5, 5.41) is 7.10. The number of rotatable bonds is 5. The van der Waals surface area contributed by atoms with E-state index in [0.717, 1.165) is 50.2 Å². The summed E-state index contributed by atoms with van der Waals surface area (Å²) in [5.74, 6) is 0.198. The minimum atomic E-state index is 0.198. The van der Waals surface area contributed by atoms with E-state index in [4.69, 9.17) is 4.74 Å². The first kappa shape index (κ1) is 14.6. The van der Waals surface area contributed by atoms with E-state index in [1.54, 1.807) is 0 Å². The number of aromatic amines is 1. The monoisotopic (exact) mass is 291 g/mol. The van der Waals surface area contributed by atoms with E-state index in [1.165, 1.54) is 12.8 Å². The predicted molar refractivity (Wildman–Crippen MR) is 80.0 cm³/mol. The van der Waals surface area contributed by atoms with Gasteiger partial charge in [-0.25, -0.2) is 0 Å². The standard InChI is InChI=1S/C16H25N3O2/c1-12-9-13(18-17-12)10-16(20)19(14-5-2-3-6-14)11-15-7-4-8-21-15/h9,14-15H,2-8,10-11H2,1H3,(H,17,18). The Morgan fingerprint density at radius 3 is 2.81 bits per heavy atom. The third kappa shape index (κ3) is 3.64. The number of nitrogens with zero attached hydrogens (tertiary/aromatic N) is 2. The maximum Gasteiger partial charge on any atom is 0.228 e. The molecule has 5 heteroatoms. The summed E-state index contributed by atoms with van der Waals surface area (Å²) < 4.78 is 5.73. The highest BCUT2D eigenvalue weighted by molar-refractivity contribution is 5.78. The summed E-state index contributed by atoms with van der Waals surface area (Å²) in [6, 6.07) is 2.36. The lowest BCUT2D eigenvalue weighted by Gasteiger charge is -2.31. The molecule has 5 nitrogen and oxygen atoms in total. The Hall–Kier alpha value is -1.36. The molecule has 1 aromatic rings. The van der Waals surface area contributed by atoms with Gasteiger partial charge in [-0.05, 0) is 38.7 Å². The molecular formula is C16H25N3O2. The Bertz CT molecular complexity index is 474. The zero-order valence-electron chi connectivity index (χ0n) is 12.8. The van der Waals surface area contributed by atoms with Gasteiger partial charge in [0.2, 0.25) is 5.91 Å². The van der Waals surface area contributed by atoms with Gasteiger partial charge in [0.15, 0.2) is 0 Å². The average molecular weight is 291 g/mol. The number of H-pyrrole nitrogens is 1. The second-order valence-electron chi connectivity index (χ2n) is 6.34. The van der Waals surface area contributed by atoms with Crippen LogP contribution in [0, 0.1) is 6.92 Å². The van der Waals surface area contributed by atoms with E-state index in [0.29, 0.717) is 12.5 Å². The van der Waals surface area contributed by atoms with E-state index in [-0.39, 0.29) is 12.0 Å². The molecule has 1 atom stereocenters. The molecule has 1 N–H and O–H groups in total. The van der Waals surface area contributed by atoms with Crippen molar-refractivity contribution in [3.05, 3.63) is 17.5 Å². The molecule has 1 saturated heterocycles. The van der Waals surface area contributed by atoms with Crippen molar-refractivity contribution < 1.29 is 9.53 Å². The maximum atomic E-state index is 12.7. The maximum absolute atomic E-state index is 12.7. The van der Waals surface area contributed by atoms with Crippen molar-refractivity contribution in [2.45, 2.75) is 64.0 Å². The first-order valence-electron chi connectivity index (χ1n) is 8.14. The molecule has 21 heavy (non-hydrogen) atoms. The van der Waals surface area contributed by atoms with Crippen LogP contribution >= 0.6 is 0 Å². The molecule has 2 aliphatic rings. The first-order valence-corrected chi connectivity index (χ1v) is 8.14. The second kappa shape index (κ2) is 6.60. The van der Waals surface area contributed by atoms with Crippen molar-refractivity contribution in [1.29, 1.82) is 0 Å². The Balaban J connectivity index is 1.65. The van der Waals surface area contributed by atoms with Gasteiger partial charge in [0, 0.05) is 24.9 Å². The van der Waals surface area contributed by atoms with E-state index >= 15 is 0 Å². The molecule has 2 fully saturated rings. The summed E-state index contributed by atoms with van der Waals surface area (Å²) >= 11 is 0. The molecule has 0 aromatic carbocycles. The molecule has 0 spiro atoms. The van der Waals surface area contributed by atoms with Crippen LogP contribution in [-0.2, 0) is 16.0 Å². The zero-order chi connectivity index (χ0) is 14.7. The number of amides is 1. The quantitative estimate of drug-likeness (QED) is 0.905. The Morgan fingerprint density at radius 1 is 1.38 bits per heavy atom. The average Bonchev–Trinajstić information content (AvgIpc) is 3.18. The number of carbonyl (C=O) groups excluding carboxylic acids is 1. The van der Waals surface area contributed by atoms with Crippen molar-refractivity contribution in [1.82, 2.24) is 15.1 Å². The lowest BCUT2D eigenvalue weighted by atomic mass is 10.1. The highest BCUT2D eigenvalue weighted by Crippen LogP contribution is 2.26. The molecule has 1 aliphatic heterocycles. The van der Waals surface area contributed by atoms with Gasteiger partial charge in [0.25, 0.3) is 0 Å². The van der Waals surface area contributed by atoms with E-state index in [1.807, 2.05) is 13.0 Å². The van der Waals surface area contributed by atoms with E-state index < -0.39 is 0 Å². The number of hydrogen-bond acceptors (Lipinski definition) is 3. The zero-order valence-corrected chi connectivity index (χ0v) is 12.8. The molecule has 1 aromatic heterocycles. The minimum absolute atomic E-state index is 0.198. The van der Waals surface area contributed by atoms with Crippen LogP contribution in [0.15, 0.2) is 6.07 Å². The van der Waals surface area contributed by atoms with Crippen molar-refractivity contribution in [2.75, 3.05) is 13.2 Å². The molecule has 3 rings (SSSR count). The van der Waals surface area contributed by atoms with Gasteiger partial charge in [-0.3, -0.25) is 9.89 Å². The first-order chi connectivity index (χ1) is 10.2. The van der Waals surface area contributed by atoms with Gasteiger partial charge in [-0.1, -0.05) is 12.8 Å². The molecule has 1 saturated carbocycles. The normalized spacial score (nSPS) is 22.8. The van der Waals surface area contributed by atoms with Gasteiger partial charge < -0.3 is 9.64 Å². The fourth-order valence-electron chi connectivity index (χ4n) is 3.50. The molecule has 1 unspecified atom stereocenters. The molecule has 1 amide bonds. The topological polar surface area (TPSA) is 58.2 Å². The fourth-order valence-corrected chi connectivity index (χ4v) is 3.50. The van der Waals surface area contributed by atoms with Crippen molar-refractivity contribution >= 4 is 5.91 Å². The van der Waals surface area contributed by atoms with Crippen LogP contribution < -0.4 is 0 Å². The van der Waals surface area contributed by atoms with Gasteiger partial charge in [-0.2, -0.15) is 5.10 Å². The Morgan fingerprint density at radius 2 is 2.19 bits per heavy atom. The van der Waals surface area contributed by atoms with E-state index in [9.17, 15) is 4.79 Å². The number of carbonyl (C=O) groups is 1. The van der Waals surface area contributed by atoms with Gasteiger partial charge in [0.05, 0.1) is 18.2 Å². The number of ether oxygens (including phenoxy) is 1. The van der Waals surface area contributed by atoms with Crippen molar-refractivity contribution in [3.8, 4) is 0 Å². The smallest absolute Gasteiger partial charge is 0.228 e. The Labute approximate surface area is 126 Å². The Kier molecular flexibility index (Phi) is 4.58. The van der Waals surface area contributed by atoms with Crippen LogP contribution in [0.2, 0.25) is 0 Å². The van der Waals surface area contributed by atoms with Crippen LogP contribution in [0.25, 0.3) is 0 Å². The molecular weight excluding hydrogens is 266 g/mol. The van der Waals surface area contributed by atoms with Crippen molar-refractivity contribution in [3.63, 3.8) is 0 Å². The molecule has 116 valence electrons. The van der Waals surface area contributed by atoms with E-state index in [2.05, 4.69) is 15.1 Å². The van der Waals surface area contributed by atoms with Gasteiger partial charge in [0.1, 0.15) is 0 Å². The summed E-state index contributed by atoms with van der Waals surface area (Å²) in [4.78, 5) is 14.8. The van der Waals surface area contributed by atoms with Gasteiger partial charge >= 0.3 is 0 Å². The molecule has 0 bridgehead atoms. The summed E-state index contributed by atoms with van der Waals surface area (Å²) in [6.45, 7) is 3.56. The predicted octanol–water partition coefficient (Wildman–Crippen LogP) is 2.21. The van der Waals surface area contributed by atoms with Crippen LogP contribution in [0.4, 0.5) is 0 Å². The minimum Gasteiger partial charge on any atom is -0.376 e. The third-order valence-corrected chi connectivity index (χ3v) is 4.60.